The molecule has 5 heteroatoms. The molecule has 116 valence electrons. The van der Waals surface area contributed by atoms with Crippen LogP contribution in [0.5, 0.6) is 0 Å². The van der Waals surface area contributed by atoms with E-state index in [0.29, 0.717) is 11.6 Å². The maximum absolute atomic E-state index is 12.3. The second kappa shape index (κ2) is 6.75. The molecule has 1 amide bonds. The van der Waals surface area contributed by atoms with Crippen LogP contribution in [0, 0.1) is 5.92 Å². The molecule has 1 fully saturated rings. The fourth-order valence-corrected chi connectivity index (χ4v) is 2.95. The van der Waals surface area contributed by atoms with Crippen molar-refractivity contribution >= 4 is 5.91 Å². The summed E-state index contributed by atoms with van der Waals surface area (Å²) < 4.78 is 0. The summed E-state index contributed by atoms with van der Waals surface area (Å²) in [4.78, 5) is 12.3. The lowest BCUT2D eigenvalue weighted by atomic mass is 9.86. The molecule has 0 unspecified atom stereocenters. The summed E-state index contributed by atoms with van der Waals surface area (Å²) in [5.41, 5.74) is 2.25. The van der Waals surface area contributed by atoms with Crippen LogP contribution in [-0.4, -0.2) is 33.9 Å². The van der Waals surface area contributed by atoms with Crippen LogP contribution in [0.1, 0.15) is 36.2 Å². The first-order valence-corrected chi connectivity index (χ1v) is 7.79. The maximum atomic E-state index is 12.3. The summed E-state index contributed by atoms with van der Waals surface area (Å²) in [5.74, 6) is 0.284. The van der Waals surface area contributed by atoms with Gasteiger partial charge in [-0.15, -0.1) is 0 Å². The number of aliphatic hydroxyl groups excluding tert-OH is 1. The summed E-state index contributed by atoms with van der Waals surface area (Å²) in [7, 11) is 0. The predicted octanol–water partition coefficient (Wildman–Crippen LogP) is 2.36. The van der Waals surface area contributed by atoms with E-state index in [4.69, 9.17) is 5.11 Å². The van der Waals surface area contributed by atoms with E-state index in [9.17, 15) is 4.79 Å². The third kappa shape index (κ3) is 3.36. The van der Waals surface area contributed by atoms with Gasteiger partial charge in [0.1, 0.15) is 5.69 Å². The number of amides is 1. The third-order valence-electron chi connectivity index (χ3n) is 4.33. The minimum Gasteiger partial charge on any atom is -0.396 e. The highest BCUT2D eigenvalue weighted by atomic mass is 16.3. The summed E-state index contributed by atoms with van der Waals surface area (Å²) in [6.07, 6.45) is 3.80. The topological polar surface area (TPSA) is 78.0 Å². The van der Waals surface area contributed by atoms with Crippen molar-refractivity contribution in [3.8, 4) is 11.3 Å². The summed E-state index contributed by atoms with van der Waals surface area (Å²) >= 11 is 0. The Balaban J connectivity index is 1.60. The van der Waals surface area contributed by atoms with E-state index < -0.39 is 0 Å². The van der Waals surface area contributed by atoms with Gasteiger partial charge in [0.05, 0.1) is 5.69 Å². The van der Waals surface area contributed by atoms with Gasteiger partial charge in [-0.3, -0.25) is 9.89 Å². The SMILES string of the molecule is O=C(NC1CCC(CO)CC1)c1cc(-c2ccccc2)n[nH]1. The smallest absolute Gasteiger partial charge is 0.269 e. The van der Waals surface area contributed by atoms with Crippen LogP contribution in [0.15, 0.2) is 36.4 Å². The molecule has 1 aromatic heterocycles. The van der Waals surface area contributed by atoms with E-state index in [1.165, 1.54) is 0 Å². The van der Waals surface area contributed by atoms with Gasteiger partial charge in [-0.2, -0.15) is 5.10 Å². The lowest BCUT2D eigenvalue weighted by molar-refractivity contribution is 0.0909. The summed E-state index contributed by atoms with van der Waals surface area (Å²) in [6, 6.07) is 11.8. The standard InChI is InChI=1S/C17H21N3O2/c21-11-12-6-8-14(9-7-12)18-17(22)16-10-15(19-20-16)13-4-2-1-3-5-13/h1-5,10,12,14,21H,6-9,11H2,(H,18,22)(H,19,20). The Bertz CT molecular complexity index is 616. The molecule has 3 N–H and O–H groups in total. The average Bonchev–Trinajstić information content (AvgIpc) is 3.06. The van der Waals surface area contributed by atoms with Crippen LogP contribution < -0.4 is 5.32 Å². The van der Waals surface area contributed by atoms with Crippen molar-refractivity contribution in [3.05, 3.63) is 42.1 Å². The number of nitrogens with zero attached hydrogens (tertiary/aromatic N) is 1. The summed E-state index contributed by atoms with van der Waals surface area (Å²) in [6.45, 7) is 0.252. The lowest BCUT2D eigenvalue weighted by Gasteiger charge is -2.27. The van der Waals surface area contributed by atoms with E-state index in [1.54, 1.807) is 6.07 Å². The first kappa shape index (κ1) is 14.8. The van der Waals surface area contributed by atoms with E-state index in [2.05, 4.69) is 15.5 Å². The molecule has 22 heavy (non-hydrogen) atoms. The zero-order chi connectivity index (χ0) is 15.4. The van der Waals surface area contributed by atoms with Crippen LogP contribution in [0.3, 0.4) is 0 Å². The summed E-state index contributed by atoms with van der Waals surface area (Å²) in [5, 5.41) is 19.2. The number of aliphatic hydroxyl groups is 1. The molecule has 0 saturated heterocycles. The van der Waals surface area contributed by atoms with Gasteiger partial charge in [0, 0.05) is 18.2 Å². The zero-order valence-electron chi connectivity index (χ0n) is 12.5. The second-order valence-corrected chi connectivity index (χ2v) is 5.91. The molecule has 3 rings (SSSR count). The molecule has 0 atom stereocenters. The number of rotatable bonds is 4. The molecular weight excluding hydrogens is 278 g/mol. The Morgan fingerprint density at radius 2 is 1.95 bits per heavy atom. The highest BCUT2D eigenvalue weighted by molar-refractivity contribution is 5.93. The van der Waals surface area contributed by atoms with Crippen LogP contribution >= 0.6 is 0 Å². The molecule has 1 aliphatic rings. The Labute approximate surface area is 129 Å². The second-order valence-electron chi connectivity index (χ2n) is 5.91. The number of aromatic nitrogens is 2. The fourth-order valence-electron chi connectivity index (χ4n) is 2.95. The van der Waals surface area contributed by atoms with Gasteiger partial charge < -0.3 is 10.4 Å². The third-order valence-corrected chi connectivity index (χ3v) is 4.33. The van der Waals surface area contributed by atoms with Gasteiger partial charge in [0.25, 0.3) is 5.91 Å². The van der Waals surface area contributed by atoms with Gasteiger partial charge in [-0.05, 0) is 37.7 Å². The highest BCUT2D eigenvalue weighted by Gasteiger charge is 2.22. The lowest BCUT2D eigenvalue weighted by Crippen LogP contribution is -2.38. The molecule has 2 aromatic rings. The molecular formula is C17H21N3O2. The number of H-pyrrole nitrogens is 1. The highest BCUT2D eigenvalue weighted by Crippen LogP contribution is 2.24. The normalized spacial score (nSPS) is 21.5. The molecule has 0 spiro atoms. The van der Waals surface area contributed by atoms with Crippen molar-refractivity contribution in [1.82, 2.24) is 15.5 Å². The number of carbonyl (C=O) groups excluding carboxylic acids is 1. The number of carbonyl (C=O) groups is 1. The molecule has 0 bridgehead atoms. The minimum atomic E-state index is -0.109. The first-order valence-electron chi connectivity index (χ1n) is 7.79. The zero-order valence-corrected chi connectivity index (χ0v) is 12.5. The van der Waals surface area contributed by atoms with Crippen molar-refractivity contribution in [2.24, 2.45) is 5.92 Å². The monoisotopic (exact) mass is 299 g/mol. The van der Waals surface area contributed by atoms with Crippen LogP contribution in [0.25, 0.3) is 11.3 Å². The van der Waals surface area contributed by atoms with Crippen LogP contribution in [-0.2, 0) is 0 Å². The number of aromatic amines is 1. The first-order chi connectivity index (χ1) is 10.8. The van der Waals surface area contributed by atoms with Crippen LogP contribution in [0.4, 0.5) is 0 Å². The van der Waals surface area contributed by atoms with E-state index in [0.717, 1.165) is 36.9 Å². The van der Waals surface area contributed by atoms with Crippen molar-refractivity contribution < 1.29 is 9.90 Å². The number of hydrogen-bond donors (Lipinski definition) is 3. The van der Waals surface area contributed by atoms with Crippen molar-refractivity contribution in [1.29, 1.82) is 0 Å². The molecule has 5 nitrogen and oxygen atoms in total. The quantitative estimate of drug-likeness (QED) is 0.811. The number of benzene rings is 1. The van der Waals surface area contributed by atoms with E-state index in [1.807, 2.05) is 30.3 Å². The number of nitrogens with one attached hydrogen (secondary N) is 2. The van der Waals surface area contributed by atoms with Gasteiger partial charge in [0.2, 0.25) is 0 Å². The van der Waals surface area contributed by atoms with Crippen LogP contribution in [0.2, 0.25) is 0 Å². The molecule has 1 saturated carbocycles. The Kier molecular flexibility index (Phi) is 4.53. The Morgan fingerprint density at radius 1 is 1.23 bits per heavy atom. The maximum Gasteiger partial charge on any atom is 0.269 e. The fraction of sp³-hybridized carbons (Fsp3) is 0.412. The minimum absolute atomic E-state index is 0.109. The molecule has 1 heterocycles. The molecule has 1 aliphatic carbocycles. The molecule has 1 aromatic carbocycles. The van der Waals surface area contributed by atoms with E-state index >= 15 is 0 Å². The average molecular weight is 299 g/mol. The Morgan fingerprint density at radius 3 is 2.64 bits per heavy atom. The van der Waals surface area contributed by atoms with Gasteiger partial charge in [-0.25, -0.2) is 0 Å². The van der Waals surface area contributed by atoms with Gasteiger partial charge >= 0.3 is 0 Å². The largest absolute Gasteiger partial charge is 0.396 e. The Hall–Kier alpha value is -2.14. The van der Waals surface area contributed by atoms with E-state index in [-0.39, 0.29) is 18.6 Å². The van der Waals surface area contributed by atoms with Crippen molar-refractivity contribution in [2.45, 2.75) is 31.7 Å². The number of hydrogen-bond acceptors (Lipinski definition) is 3. The van der Waals surface area contributed by atoms with Crippen molar-refractivity contribution in [3.63, 3.8) is 0 Å². The van der Waals surface area contributed by atoms with Crippen molar-refractivity contribution in [2.75, 3.05) is 6.61 Å². The predicted molar refractivity (Wildman–Crippen MR) is 84.3 cm³/mol. The van der Waals surface area contributed by atoms with Gasteiger partial charge in [0.15, 0.2) is 0 Å². The molecule has 0 aliphatic heterocycles. The molecule has 0 radical (unpaired) electrons. The van der Waals surface area contributed by atoms with Gasteiger partial charge in [-0.1, -0.05) is 30.3 Å².